The van der Waals surface area contributed by atoms with Gasteiger partial charge in [0.05, 0.1) is 12.6 Å². The predicted octanol–water partition coefficient (Wildman–Crippen LogP) is 0.179. The largest absolute Gasteiger partial charge is 0.333 e. The summed E-state index contributed by atoms with van der Waals surface area (Å²) in [4.78, 5) is 18.0. The molecule has 0 radical (unpaired) electrons. The zero-order valence-corrected chi connectivity index (χ0v) is 10.6. The van der Waals surface area contributed by atoms with E-state index in [2.05, 4.69) is 29.2 Å². The number of rotatable bonds is 3. The zero-order chi connectivity index (χ0) is 12.4. The van der Waals surface area contributed by atoms with Crippen molar-refractivity contribution in [1.29, 1.82) is 0 Å². The zero-order valence-electron chi connectivity index (χ0n) is 10.6. The number of carbonyl (C=O) groups is 1. The van der Waals surface area contributed by atoms with Crippen molar-refractivity contribution in [1.82, 2.24) is 25.0 Å². The van der Waals surface area contributed by atoms with E-state index < -0.39 is 0 Å². The number of piperazine rings is 1. The predicted molar refractivity (Wildman–Crippen MR) is 63.3 cm³/mol. The second kappa shape index (κ2) is 4.83. The van der Waals surface area contributed by atoms with Crippen LogP contribution in [0.25, 0.3) is 0 Å². The van der Waals surface area contributed by atoms with Crippen molar-refractivity contribution in [3.05, 3.63) is 12.2 Å². The Hall–Kier alpha value is -1.43. The maximum Gasteiger partial charge on any atom is 0.239 e. The van der Waals surface area contributed by atoms with E-state index in [1.165, 1.54) is 0 Å². The molecule has 0 aromatic carbocycles. The number of nitrogens with zero attached hydrogens (tertiary/aromatic N) is 4. The first-order chi connectivity index (χ1) is 8.09. The van der Waals surface area contributed by atoms with Gasteiger partial charge in [-0.2, -0.15) is 5.10 Å². The van der Waals surface area contributed by atoms with Crippen LogP contribution < -0.4 is 5.32 Å². The fourth-order valence-electron chi connectivity index (χ4n) is 2.03. The molecule has 1 amide bonds. The van der Waals surface area contributed by atoms with E-state index in [4.69, 9.17) is 0 Å². The van der Waals surface area contributed by atoms with Crippen molar-refractivity contribution in [2.24, 2.45) is 0 Å². The monoisotopic (exact) mass is 237 g/mol. The van der Waals surface area contributed by atoms with Crippen LogP contribution in [-0.2, 0) is 11.3 Å². The Labute approximate surface area is 101 Å². The lowest BCUT2D eigenvalue weighted by Gasteiger charge is -2.31. The van der Waals surface area contributed by atoms with Gasteiger partial charge in [-0.15, -0.1) is 0 Å². The maximum absolute atomic E-state index is 11.9. The molecule has 1 aromatic rings. The van der Waals surface area contributed by atoms with Crippen LogP contribution in [0.4, 0.5) is 0 Å². The van der Waals surface area contributed by atoms with Gasteiger partial charge in [-0.1, -0.05) is 0 Å². The Bertz CT molecular complexity index is 400. The summed E-state index contributed by atoms with van der Waals surface area (Å²) < 4.78 is 1.86. The number of hydrogen-bond donors (Lipinski definition) is 1. The van der Waals surface area contributed by atoms with Crippen LogP contribution in [-0.4, -0.2) is 44.7 Å². The molecule has 1 aromatic heterocycles. The van der Waals surface area contributed by atoms with Gasteiger partial charge in [0.1, 0.15) is 12.2 Å². The van der Waals surface area contributed by atoms with Crippen molar-refractivity contribution < 1.29 is 4.79 Å². The van der Waals surface area contributed by atoms with Crippen LogP contribution >= 0.6 is 0 Å². The van der Waals surface area contributed by atoms with Gasteiger partial charge in [-0.05, 0) is 20.8 Å². The summed E-state index contributed by atoms with van der Waals surface area (Å²) in [5.41, 5.74) is 0. The Morgan fingerprint density at radius 3 is 3.06 bits per heavy atom. The highest BCUT2D eigenvalue weighted by Gasteiger charge is 2.25. The highest BCUT2D eigenvalue weighted by molar-refractivity contribution is 5.82. The SMILES string of the molecule is CC1NCCN(Cc2ncnn2C(C)C)C1=O. The van der Waals surface area contributed by atoms with Crippen LogP contribution in [0.1, 0.15) is 32.6 Å². The second-order valence-electron chi connectivity index (χ2n) is 4.65. The summed E-state index contributed by atoms with van der Waals surface area (Å²) in [6, 6.07) is 0.169. The molecule has 0 saturated carbocycles. The van der Waals surface area contributed by atoms with Gasteiger partial charge in [0, 0.05) is 19.1 Å². The smallest absolute Gasteiger partial charge is 0.239 e. The van der Waals surface area contributed by atoms with E-state index in [1.54, 1.807) is 6.33 Å². The molecule has 1 saturated heterocycles. The molecular formula is C11H19N5O. The minimum Gasteiger partial charge on any atom is -0.333 e. The summed E-state index contributed by atoms with van der Waals surface area (Å²) in [6.45, 7) is 8.11. The number of nitrogens with one attached hydrogen (secondary N) is 1. The molecule has 1 atom stereocenters. The van der Waals surface area contributed by atoms with Crippen LogP contribution in [0.15, 0.2) is 6.33 Å². The first-order valence-electron chi connectivity index (χ1n) is 6.00. The van der Waals surface area contributed by atoms with E-state index in [1.807, 2.05) is 16.5 Å². The lowest BCUT2D eigenvalue weighted by molar-refractivity contribution is -0.135. The molecule has 1 N–H and O–H groups in total. The maximum atomic E-state index is 11.9. The number of hydrogen-bond acceptors (Lipinski definition) is 4. The van der Waals surface area contributed by atoms with Gasteiger partial charge >= 0.3 is 0 Å². The number of aromatic nitrogens is 3. The highest BCUT2D eigenvalue weighted by atomic mass is 16.2. The average Bonchev–Trinajstić information content (AvgIpc) is 2.73. The van der Waals surface area contributed by atoms with E-state index >= 15 is 0 Å². The molecule has 1 aliphatic rings. The average molecular weight is 237 g/mol. The van der Waals surface area contributed by atoms with Crippen molar-refractivity contribution in [3.63, 3.8) is 0 Å². The van der Waals surface area contributed by atoms with Crippen LogP contribution in [0.3, 0.4) is 0 Å². The lowest BCUT2D eigenvalue weighted by atomic mass is 10.2. The molecule has 17 heavy (non-hydrogen) atoms. The van der Waals surface area contributed by atoms with Crippen molar-refractivity contribution in [2.75, 3.05) is 13.1 Å². The third-order valence-electron chi connectivity index (χ3n) is 2.98. The molecule has 94 valence electrons. The quantitative estimate of drug-likeness (QED) is 0.814. The van der Waals surface area contributed by atoms with Gasteiger partial charge < -0.3 is 10.2 Å². The van der Waals surface area contributed by atoms with E-state index in [0.717, 1.165) is 18.9 Å². The van der Waals surface area contributed by atoms with E-state index in [9.17, 15) is 4.79 Å². The van der Waals surface area contributed by atoms with Gasteiger partial charge in [-0.25, -0.2) is 9.67 Å². The van der Waals surface area contributed by atoms with E-state index in [-0.39, 0.29) is 18.0 Å². The minimum absolute atomic E-state index is 0.0980. The van der Waals surface area contributed by atoms with Crippen molar-refractivity contribution in [3.8, 4) is 0 Å². The van der Waals surface area contributed by atoms with Gasteiger partial charge in [0.25, 0.3) is 0 Å². The van der Waals surface area contributed by atoms with Crippen molar-refractivity contribution >= 4 is 5.91 Å². The molecule has 0 bridgehead atoms. The third-order valence-corrected chi connectivity index (χ3v) is 2.98. The second-order valence-corrected chi connectivity index (χ2v) is 4.65. The number of carbonyl (C=O) groups excluding carboxylic acids is 1. The molecule has 0 spiro atoms. The normalized spacial score (nSPS) is 21.3. The summed E-state index contributed by atoms with van der Waals surface area (Å²) in [6.07, 6.45) is 1.55. The standard InChI is InChI=1S/C11H19N5O/c1-8(2)16-10(13-7-14-16)6-15-5-4-12-9(3)11(15)17/h7-9,12H,4-6H2,1-3H3. The lowest BCUT2D eigenvalue weighted by Crippen LogP contribution is -2.53. The molecule has 6 nitrogen and oxygen atoms in total. The Morgan fingerprint density at radius 2 is 2.35 bits per heavy atom. The van der Waals surface area contributed by atoms with Gasteiger partial charge in [0.15, 0.2) is 0 Å². The molecule has 2 rings (SSSR count). The summed E-state index contributed by atoms with van der Waals surface area (Å²) in [7, 11) is 0. The fourth-order valence-corrected chi connectivity index (χ4v) is 2.03. The number of amides is 1. The Morgan fingerprint density at radius 1 is 1.59 bits per heavy atom. The fraction of sp³-hybridized carbons (Fsp3) is 0.727. The molecule has 6 heteroatoms. The molecule has 1 aliphatic heterocycles. The first kappa shape index (κ1) is 12.0. The van der Waals surface area contributed by atoms with Gasteiger partial charge in [-0.3, -0.25) is 4.79 Å². The summed E-state index contributed by atoms with van der Waals surface area (Å²) >= 11 is 0. The van der Waals surface area contributed by atoms with Crippen LogP contribution in [0.2, 0.25) is 0 Å². The highest BCUT2D eigenvalue weighted by Crippen LogP contribution is 2.10. The van der Waals surface area contributed by atoms with E-state index in [0.29, 0.717) is 6.54 Å². The third kappa shape index (κ3) is 2.46. The molecular weight excluding hydrogens is 218 g/mol. The summed E-state index contributed by atoms with van der Waals surface area (Å²) in [5, 5.41) is 7.32. The Balaban J connectivity index is 2.09. The molecule has 1 fully saturated rings. The summed E-state index contributed by atoms with van der Waals surface area (Å²) in [5.74, 6) is 0.983. The van der Waals surface area contributed by atoms with Crippen molar-refractivity contribution in [2.45, 2.75) is 39.4 Å². The van der Waals surface area contributed by atoms with Crippen LogP contribution in [0, 0.1) is 0 Å². The Kier molecular flexibility index (Phi) is 3.42. The topological polar surface area (TPSA) is 63.0 Å². The molecule has 2 heterocycles. The van der Waals surface area contributed by atoms with Gasteiger partial charge in [0.2, 0.25) is 5.91 Å². The molecule has 0 aliphatic carbocycles. The van der Waals surface area contributed by atoms with Crippen LogP contribution in [0.5, 0.6) is 0 Å². The molecule has 1 unspecified atom stereocenters. The minimum atomic E-state index is -0.0980. The first-order valence-corrected chi connectivity index (χ1v) is 6.00.